The first-order valence-electron chi connectivity index (χ1n) is 39.7. The van der Waals surface area contributed by atoms with Gasteiger partial charge in [0, 0.05) is 9.79 Å². The summed E-state index contributed by atoms with van der Waals surface area (Å²) in [5.74, 6) is -140. The summed E-state index contributed by atoms with van der Waals surface area (Å²) in [5, 5.41) is 36.7. The van der Waals surface area contributed by atoms with Gasteiger partial charge in [0.15, 0.2) is 169 Å². The van der Waals surface area contributed by atoms with Gasteiger partial charge in [-0.15, -0.1) is 43.7 Å². The first kappa shape index (κ1) is 110. The summed E-state index contributed by atoms with van der Waals surface area (Å²) < 4.78 is 610. The van der Waals surface area contributed by atoms with E-state index in [1.807, 2.05) is 48.5 Å². The van der Waals surface area contributed by atoms with Crippen molar-refractivity contribution in [1.29, 1.82) is 0 Å². The molecule has 0 fully saturated rings. The Hall–Kier alpha value is -13.5. The van der Waals surface area contributed by atoms with Gasteiger partial charge in [-0.25, -0.2) is 176 Å². The Kier molecular flexibility index (Phi) is 33.9. The molecule has 0 aliphatic heterocycles. The number of hydrogen-bond donors (Lipinski definition) is 4. The third kappa shape index (κ3) is 19.7. The fraction of sp³-hybridized carbons (Fsp3) is 0.0870. The van der Waals surface area contributed by atoms with Gasteiger partial charge in [0.2, 0.25) is 0 Å². The summed E-state index contributed by atoms with van der Waals surface area (Å²) in [6.45, 7) is 0.825. The Balaban J connectivity index is 0.000000195. The molecule has 53 heteroatoms. The minimum absolute atomic E-state index is 0.0398. The van der Waals surface area contributed by atoms with Gasteiger partial charge in [-0.05, 0) is 146 Å². The van der Waals surface area contributed by atoms with E-state index in [2.05, 4.69) is 97.1 Å². The lowest BCUT2D eigenvalue weighted by molar-refractivity contribution is 0.201. The van der Waals surface area contributed by atoms with Crippen molar-refractivity contribution in [3.8, 4) is 23.0 Å². The van der Waals surface area contributed by atoms with Gasteiger partial charge in [-0.3, -0.25) is 0 Å². The highest BCUT2D eigenvalue weighted by atomic mass is 32.2. The van der Waals surface area contributed by atoms with E-state index in [0.29, 0.717) is 23.0 Å². The quantitative estimate of drug-likeness (QED) is 0.0125. The first-order chi connectivity index (χ1) is 68.5. The predicted molar refractivity (Wildman–Crippen MR) is 436 cm³/mol. The van der Waals surface area contributed by atoms with Crippen LogP contribution in [0.2, 0.25) is 0 Å². The summed E-state index contributed by atoms with van der Waals surface area (Å²) in [6.07, 6.45) is -14.4. The SMILES string of the molecule is Fc1c(F)c(F)c([B-](c2c(F)c(F)c(F)c(F)c2F)(c2c(F)c(F)c(F)c(F)c2F)c2c(F)c(F)c(F)c(F)c2F)c(F)c1F.Fc1c(F)c(F)c([B-](c2c(F)c(F)c(F)c(F)c2F)(c2c(F)c(F)c(F)c(F)c2F)c2c(F)c(F)c(F)c(F)c2F)c(F)c1F.OCCOc1ccc([S+](c2ccc(OCCO)cc2)c2ccc(Sc3ccc([S+](c4ccc(OCCO)cc4)c4ccc(OCCO)cc4)cc3)cc2)cc1. The largest absolute Gasteiger partial charge is 0.491 e. The van der Waals surface area contributed by atoms with Crippen LogP contribution in [-0.2, 0) is 21.8 Å². The molecule has 764 valence electrons. The number of hydrogen-bond acceptors (Lipinski definition) is 9. The summed E-state index contributed by atoms with van der Waals surface area (Å²) in [4.78, 5) is 9.10. The van der Waals surface area contributed by atoms with Crippen LogP contribution >= 0.6 is 11.8 Å². The second-order valence-electron chi connectivity index (χ2n) is 29.4. The number of ether oxygens (including phenoxy) is 4. The molecule has 14 aromatic rings. The molecule has 0 saturated heterocycles. The van der Waals surface area contributed by atoms with Crippen molar-refractivity contribution in [2.75, 3.05) is 52.9 Å². The van der Waals surface area contributed by atoms with Crippen LogP contribution in [0.15, 0.2) is 185 Å². The van der Waals surface area contributed by atoms with Crippen LogP contribution in [0.5, 0.6) is 23.0 Å². The fourth-order valence-corrected chi connectivity index (χ4v) is 20.2. The highest BCUT2D eigenvalue weighted by Crippen LogP contribution is 2.42. The van der Waals surface area contributed by atoms with Crippen molar-refractivity contribution < 1.29 is 215 Å². The molecule has 0 unspecified atom stereocenters. The minimum Gasteiger partial charge on any atom is -0.491 e. The molecule has 0 spiro atoms. The molecule has 0 aromatic heterocycles. The minimum atomic E-state index is -7.22. The molecule has 4 N–H and O–H groups in total. The lowest BCUT2D eigenvalue weighted by Gasteiger charge is -2.44. The Morgan fingerprint density at radius 1 is 0.159 bits per heavy atom. The molecule has 0 aliphatic carbocycles. The van der Waals surface area contributed by atoms with E-state index in [4.69, 9.17) is 39.4 Å². The standard InChI is InChI=1S/C44H44O8S3.2C24BF20/c45-25-29-49-33-1-13-39(14-2-33)54(40-15-3-34(4-16-40)50-30-26-46)43-21-9-37(10-22-43)53-38-11-23-44(24-12-38)55(41-17-5-35(6-18-41)51-31-27-47)42-19-7-36(8-20-42)52-32-28-48;2*26-5-1(6(27)14(35)21(42)13(5)34)25(2-7(28)15(36)22(43)16(37)8(2)29,3-9(30)17(38)23(44)18(39)10(3)31)4-11(32)19(40)24(45)20(41)12(4)33/h1-24,45-48H,25-32H2;;/q+2;2*-1. The Morgan fingerprint density at radius 3 is 0.372 bits per heavy atom. The molecule has 14 aromatic carbocycles. The Bertz CT molecular complexity index is 6030. The zero-order chi connectivity index (χ0) is 107. The second-order valence-corrected chi connectivity index (χ2v) is 34.6. The van der Waals surface area contributed by atoms with E-state index in [-0.39, 0.29) is 52.9 Å². The first-order valence-corrected chi connectivity index (χ1v) is 42.9. The van der Waals surface area contributed by atoms with Gasteiger partial charge in [0.05, 0.1) is 48.2 Å². The van der Waals surface area contributed by atoms with Crippen molar-refractivity contribution in [3.05, 3.63) is 378 Å². The molecule has 0 heterocycles. The number of halogens is 40. The number of benzene rings is 14. The highest BCUT2D eigenvalue weighted by molar-refractivity contribution is 7.99. The van der Waals surface area contributed by atoms with Crippen LogP contribution < -0.4 is 62.6 Å². The van der Waals surface area contributed by atoms with Gasteiger partial charge in [-0.1, -0.05) is 11.8 Å². The van der Waals surface area contributed by atoms with E-state index in [1.54, 1.807) is 11.8 Å². The molecule has 0 atom stereocenters. The summed E-state index contributed by atoms with van der Waals surface area (Å²) in [6, 6.07) is 49.5. The molecule has 0 radical (unpaired) electrons. The number of aliphatic hydroxyl groups excluding tert-OH is 4. The summed E-state index contributed by atoms with van der Waals surface area (Å²) in [7, 11) is -0.811. The smallest absolute Gasteiger partial charge is 0.200 e. The predicted octanol–water partition coefficient (Wildman–Crippen LogP) is 19.2. The van der Waals surface area contributed by atoms with E-state index in [0.717, 1.165) is 39.2 Å². The van der Waals surface area contributed by atoms with E-state index in [1.165, 1.54) is 0 Å². The van der Waals surface area contributed by atoms with Crippen molar-refractivity contribution in [2.45, 2.75) is 39.2 Å². The lowest BCUT2D eigenvalue weighted by Crippen LogP contribution is -2.81. The van der Waals surface area contributed by atoms with Crippen LogP contribution in [0.25, 0.3) is 0 Å². The molecular formula is C92H44B2F40O8S3. The summed E-state index contributed by atoms with van der Waals surface area (Å²) >= 11 is 1.71. The van der Waals surface area contributed by atoms with Crippen LogP contribution in [-0.4, -0.2) is 85.6 Å². The molecule has 14 rings (SSSR count). The third-order valence-corrected chi connectivity index (χ3v) is 26.9. The normalized spacial score (nSPS) is 11.7. The zero-order valence-corrected chi connectivity index (χ0v) is 72.9. The molecule has 8 nitrogen and oxygen atoms in total. The zero-order valence-electron chi connectivity index (χ0n) is 70.4. The second kappa shape index (κ2) is 44.6. The molecule has 0 amide bonds. The summed E-state index contributed by atoms with van der Waals surface area (Å²) in [5.41, 5.74) is -28.7. The third-order valence-electron chi connectivity index (χ3n) is 21.4. The Labute approximate surface area is 794 Å². The van der Waals surface area contributed by atoms with Crippen LogP contribution in [0, 0.1) is 233 Å². The monoisotopic (exact) mass is 2150 g/mol. The Morgan fingerprint density at radius 2 is 0.262 bits per heavy atom. The van der Waals surface area contributed by atoms with E-state index in [9.17, 15) is 105 Å². The van der Waals surface area contributed by atoms with Crippen molar-refractivity contribution >= 4 is 89.5 Å². The van der Waals surface area contributed by atoms with Crippen molar-refractivity contribution in [2.24, 2.45) is 0 Å². The lowest BCUT2D eigenvalue weighted by atomic mass is 9.12. The van der Waals surface area contributed by atoms with Gasteiger partial charge in [0.1, 0.15) is 155 Å². The average molecular weight is 2160 g/mol. The molecule has 0 saturated carbocycles. The van der Waals surface area contributed by atoms with Crippen LogP contribution in [0.1, 0.15) is 0 Å². The van der Waals surface area contributed by atoms with Crippen molar-refractivity contribution in [3.63, 3.8) is 0 Å². The maximum Gasteiger partial charge on any atom is 0.200 e. The number of aliphatic hydroxyl groups is 4. The van der Waals surface area contributed by atoms with Gasteiger partial charge in [-0.2, -0.15) is 0 Å². The number of rotatable bonds is 28. The van der Waals surface area contributed by atoms with E-state index < -0.39 is 310 Å². The molecule has 0 bridgehead atoms. The van der Waals surface area contributed by atoms with Gasteiger partial charge < -0.3 is 39.4 Å². The van der Waals surface area contributed by atoms with Crippen molar-refractivity contribution in [1.82, 2.24) is 0 Å². The highest BCUT2D eigenvalue weighted by Gasteiger charge is 2.56. The van der Waals surface area contributed by atoms with Gasteiger partial charge in [0.25, 0.3) is 0 Å². The van der Waals surface area contributed by atoms with Crippen LogP contribution in [0.3, 0.4) is 0 Å². The van der Waals surface area contributed by atoms with Crippen LogP contribution in [0.4, 0.5) is 176 Å². The maximum absolute atomic E-state index is 15.4. The molecular weight excluding hydrogens is 2110 g/mol. The topological polar surface area (TPSA) is 118 Å². The average Bonchev–Trinajstić information content (AvgIpc) is 0.682. The molecule has 145 heavy (non-hydrogen) atoms. The molecule has 0 aliphatic rings. The van der Waals surface area contributed by atoms with E-state index >= 15 is 70.2 Å². The maximum atomic E-state index is 15.4. The van der Waals surface area contributed by atoms with Gasteiger partial charge >= 0.3 is 0 Å². The fourth-order valence-electron chi connectivity index (χ4n) is 15.3.